The number of benzene rings is 2. The molecule has 2 aromatic carbocycles. The minimum absolute atomic E-state index is 0.0249. The van der Waals surface area contributed by atoms with Gasteiger partial charge in [-0.1, -0.05) is 6.07 Å². The summed E-state index contributed by atoms with van der Waals surface area (Å²) in [5.41, 5.74) is 6.84. The molecule has 0 radical (unpaired) electrons. The van der Waals surface area contributed by atoms with Gasteiger partial charge in [0.05, 0.1) is 11.6 Å². The van der Waals surface area contributed by atoms with Crippen LogP contribution in [-0.2, 0) is 6.61 Å². The van der Waals surface area contributed by atoms with Gasteiger partial charge in [-0.3, -0.25) is 0 Å². The maximum absolute atomic E-state index is 13.7. The summed E-state index contributed by atoms with van der Waals surface area (Å²) < 4.78 is 32.5. The summed E-state index contributed by atoms with van der Waals surface area (Å²) in [5, 5.41) is 8.69. The van der Waals surface area contributed by atoms with Crippen LogP contribution in [0.3, 0.4) is 0 Å². The molecule has 0 amide bonds. The molecule has 3 nitrogen and oxygen atoms in total. The Balaban J connectivity index is 2.19. The van der Waals surface area contributed by atoms with Crippen LogP contribution < -0.4 is 10.5 Å². The van der Waals surface area contributed by atoms with Crippen molar-refractivity contribution in [2.24, 2.45) is 5.73 Å². The molecule has 2 aromatic rings. The molecule has 0 saturated carbocycles. The Morgan fingerprint density at radius 3 is 2.62 bits per heavy atom. The first-order valence-electron chi connectivity index (χ1n) is 6.37. The molecule has 0 bridgehead atoms. The molecule has 2 rings (SSSR count). The molecule has 21 heavy (non-hydrogen) atoms. The second-order valence-electron chi connectivity index (χ2n) is 4.68. The Bertz CT molecular complexity index is 693. The number of ether oxygens (including phenoxy) is 1. The van der Waals surface area contributed by atoms with E-state index in [1.807, 2.05) is 6.07 Å². The third-order valence-corrected chi connectivity index (χ3v) is 3.03. The monoisotopic (exact) mass is 288 g/mol. The van der Waals surface area contributed by atoms with E-state index in [1.165, 1.54) is 30.3 Å². The predicted octanol–water partition coefficient (Wildman–Crippen LogP) is 3.44. The highest BCUT2D eigenvalue weighted by Crippen LogP contribution is 2.26. The molecule has 0 fully saturated rings. The average molecular weight is 288 g/mol. The normalized spacial score (nSPS) is 11.8. The van der Waals surface area contributed by atoms with Crippen LogP contribution in [0, 0.1) is 23.0 Å². The summed E-state index contributed by atoms with van der Waals surface area (Å²) in [6, 6.07) is 9.64. The Morgan fingerprint density at radius 2 is 2.00 bits per heavy atom. The first kappa shape index (κ1) is 14.9. The van der Waals surface area contributed by atoms with Gasteiger partial charge >= 0.3 is 0 Å². The predicted molar refractivity (Wildman–Crippen MR) is 74.4 cm³/mol. The van der Waals surface area contributed by atoms with E-state index in [0.29, 0.717) is 16.9 Å². The molecule has 0 heterocycles. The van der Waals surface area contributed by atoms with Crippen LogP contribution in [0.5, 0.6) is 5.75 Å². The van der Waals surface area contributed by atoms with Crippen molar-refractivity contribution in [3.63, 3.8) is 0 Å². The smallest absolute Gasteiger partial charge is 0.131 e. The van der Waals surface area contributed by atoms with Crippen LogP contribution in [0.1, 0.15) is 29.7 Å². The van der Waals surface area contributed by atoms with E-state index in [-0.39, 0.29) is 12.2 Å². The summed E-state index contributed by atoms with van der Waals surface area (Å²) in [7, 11) is 0. The minimum Gasteiger partial charge on any atom is -0.488 e. The van der Waals surface area contributed by atoms with E-state index in [9.17, 15) is 8.78 Å². The maximum Gasteiger partial charge on any atom is 0.131 e. The number of hydrogen-bond donors (Lipinski definition) is 1. The van der Waals surface area contributed by atoms with Gasteiger partial charge in [0.2, 0.25) is 0 Å². The molecule has 108 valence electrons. The van der Waals surface area contributed by atoms with Gasteiger partial charge in [0.15, 0.2) is 0 Å². The lowest BCUT2D eigenvalue weighted by Gasteiger charge is -2.14. The molecule has 2 N–H and O–H groups in total. The molecule has 0 saturated heterocycles. The van der Waals surface area contributed by atoms with Crippen molar-refractivity contribution in [1.82, 2.24) is 0 Å². The molecule has 0 spiro atoms. The largest absolute Gasteiger partial charge is 0.488 e. The van der Waals surface area contributed by atoms with E-state index >= 15 is 0 Å². The van der Waals surface area contributed by atoms with Crippen molar-refractivity contribution in [3.05, 3.63) is 64.7 Å². The fraction of sp³-hybridized carbons (Fsp3) is 0.188. The Hall–Kier alpha value is -2.45. The topological polar surface area (TPSA) is 59.0 Å². The van der Waals surface area contributed by atoms with Gasteiger partial charge < -0.3 is 10.5 Å². The summed E-state index contributed by atoms with van der Waals surface area (Å²) in [6.45, 7) is 1.69. The van der Waals surface area contributed by atoms with Crippen LogP contribution in [0.2, 0.25) is 0 Å². The van der Waals surface area contributed by atoms with Crippen molar-refractivity contribution in [1.29, 1.82) is 5.26 Å². The number of hydrogen-bond acceptors (Lipinski definition) is 3. The first-order chi connectivity index (χ1) is 10.0. The van der Waals surface area contributed by atoms with Crippen molar-refractivity contribution in [2.45, 2.75) is 19.6 Å². The van der Waals surface area contributed by atoms with E-state index in [1.54, 1.807) is 6.92 Å². The van der Waals surface area contributed by atoms with Crippen molar-refractivity contribution in [2.75, 3.05) is 0 Å². The zero-order valence-electron chi connectivity index (χ0n) is 11.4. The summed E-state index contributed by atoms with van der Waals surface area (Å²) >= 11 is 0. The maximum atomic E-state index is 13.7. The van der Waals surface area contributed by atoms with Gasteiger partial charge in [0, 0.05) is 17.2 Å². The number of nitrogens with two attached hydrogens (primary N) is 1. The zero-order chi connectivity index (χ0) is 15.4. The Morgan fingerprint density at radius 1 is 1.24 bits per heavy atom. The highest BCUT2D eigenvalue weighted by Gasteiger charge is 2.11. The number of nitriles is 1. The van der Waals surface area contributed by atoms with Crippen LogP contribution in [0.25, 0.3) is 0 Å². The lowest BCUT2D eigenvalue weighted by molar-refractivity contribution is 0.295. The van der Waals surface area contributed by atoms with Crippen LogP contribution in [-0.4, -0.2) is 0 Å². The van der Waals surface area contributed by atoms with Crippen LogP contribution >= 0.6 is 0 Å². The van der Waals surface area contributed by atoms with Crippen molar-refractivity contribution >= 4 is 0 Å². The summed E-state index contributed by atoms with van der Waals surface area (Å²) in [5.74, 6) is -0.507. The molecule has 5 heteroatoms. The summed E-state index contributed by atoms with van der Waals surface area (Å²) in [6.07, 6.45) is 0. The zero-order valence-corrected chi connectivity index (χ0v) is 11.4. The van der Waals surface area contributed by atoms with Gasteiger partial charge in [-0.25, -0.2) is 8.78 Å². The second kappa shape index (κ2) is 6.33. The summed E-state index contributed by atoms with van der Waals surface area (Å²) in [4.78, 5) is 0. The minimum atomic E-state index is -0.515. The molecular weight excluding hydrogens is 274 g/mol. The number of rotatable bonds is 4. The van der Waals surface area contributed by atoms with Gasteiger partial charge in [-0.2, -0.15) is 5.26 Å². The molecule has 0 aromatic heterocycles. The van der Waals surface area contributed by atoms with Crippen molar-refractivity contribution in [3.8, 4) is 11.8 Å². The highest BCUT2D eigenvalue weighted by atomic mass is 19.1. The van der Waals surface area contributed by atoms with Gasteiger partial charge in [0.25, 0.3) is 0 Å². The second-order valence-corrected chi connectivity index (χ2v) is 4.68. The molecular formula is C16H14F2N2O. The van der Waals surface area contributed by atoms with E-state index in [0.717, 1.165) is 6.07 Å². The quantitative estimate of drug-likeness (QED) is 0.937. The van der Waals surface area contributed by atoms with Crippen molar-refractivity contribution < 1.29 is 13.5 Å². The molecule has 0 aliphatic heterocycles. The fourth-order valence-electron chi connectivity index (χ4n) is 1.90. The van der Waals surface area contributed by atoms with Gasteiger partial charge in [-0.05, 0) is 37.3 Å². The van der Waals surface area contributed by atoms with Crippen LogP contribution in [0.4, 0.5) is 8.78 Å². The van der Waals surface area contributed by atoms with Gasteiger partial charge in [0.1, 0.15) is 24.0 Å². The molecule has 0 unspecified atom stereocenters. The lowest BCUT2D eigenvalue weighted by atomic mass is 10.1. The third kappa shape index (κ3) is 3.56. The van der Waals surface area contributed by atoms with Gasteiger partial charge in [-0.15, -0.1) is 0 Å². The SMILES string of the molecule is C[C@@H](N)c1cc(F)ccc1OCc1ccc(C#N)cc1F. The standard InChI is InChI=1S/C16H14F2N2O/c1-10(20)14-7-13(17)4-5-16(14)21-9-12-3-2-11(8-19)6-15(12)18/h2-7,10H,9,20H2,1H3/t10-/m1/s1. The lowest BCUT2D eigenvalue weighted by Crippen LogP contribution is -2.09. The van der Waals surface area contributed by atoms with E-state index < -0.39 is 17.7 Å². The molecule has 1 atom stereocenters. The Kier molecular flexibility index (Phi) is 4.51. The Labute approximate surface area is 121 Å². The first-order valence-corrected chi connectivity index (χ1v) is 6.37. The molecule has 0 aliphatic carbocycles. The third-order valence-electron chi connectivity index (χ3n) is 3.03. The number of nitrogens with zero attached hydrogens (tertiary/aromatic N) is 1. The van der Waals surface area contributed by atoms with E-state index in [2.05, 4.69) is 0 Å². The molecule has 0 aliphatic rings. The number of halogens is 2. The fourth-order valence-corrected chi connectivity index (χ4v) is 1.90. The highest BCUT2D eigenvalue weighted by molar-refractivity contribution is 5.37. The van der Waals surface area contributed by atoms with Crippen LogP contribution in [0.15, 0.2) is 36.4 Å². The van der Waals surface area contributed by atoms with E-state index in [4.69, 9.17) is 15.7 Å². The average Bonchev–Trinajstić information content (AvgIpc) is 2.46.